The number of rotatable bonds is 9. The number of hydrogen-bond donors (Lipinski definition) is 6. The fraction of sp³-hybridized carbons (Fsp3) is 0.308. The first kappa shape index (κ1) is 17.2. The molecule has 0 aromatic heterocycles. The van der Waals surface area contributed by atoms with Gasteiger partial charge < -0.3 is 22.1 Å². The Morgan fingerprint density at radius 3 is 2.64 bits per heavy atom. The Morgan fingerprint density at radius 2 is 1.95 bits per heavy atom. The first-order valence-corrected chi connectivity index (χ1v) is 6.74. The number of hydrazone groups is 1. The predicted octanol–water partition coefficient (Wildman–Crippen LogP) is -1.39. The van der Waals surface area contributed by atoms with Crippen LogP contribution in [0.2, 0.25) is 0 Å². The van der Waals surface area contributed by atoms with Crippen LogP contribution in [0.3, 0.4) is 0 Å². The second kappa shape index (κ2) is 9.19. The van der Waals surface area contributed by atoms with E-state index in [0.717, 1.165) is 12.8 Å². The van der Waals surface area contributed by atoms with Gasteiger partial charge >= 0.3 is 0 Å². The van der Waals surface area contributed by atoms with Gasteiger partial charge in [-0.3, -0.25) is 9.59 Å². The maximum absolute atomic E-state index is 12.2. The minimum Gasteiger partial charge on any atom is -0.399 e. The molecular formula is C13H21N7O2. The quantitative estimate of drug-likeness (QED) is 0.0626. The Kier molecular flexibility index (Phi) is 7.20. The summed E-state index contributed by atoms with van der Waals surface area (Å²) in [5.74, 6) is 4.87. The number of nitrogens with two attached hydrogens (primary N) is 3. The number of carbonyl (C=O) groups is 2. The summed E-state index contributed by atoms with van der Waals surface area (Å²) in [4.78, 5) is 22.3. The van der Waals surface area contributed by atoms with E-state index < -0.39 is 0 Å². The summed E-state index contributed by atoms with van der Waals surface area (Å²) in [5, 5.41) is 8.98. The number of hydrogen-bond acceptors (Lipinski definition) is 6. The van der Waals surface area contributed by atoms with Crippen molar-refractivity contribution in [2.45, 2.75) is 12.8 Å². The highest BCUT2D eigenvalue weighted by Crippen LogP contribution is 2.13. The highest BCUT2D eigenvalue weighted by Gasteiger charge is 2.14. The molecule has 0 aliphatic rings. The molecule has 120 valence electrons. The zero-order chi connectivity index (χ0) is 16.4. The molecule has 9 heteroatoms. The molecule has 0 aliphatic carbocycles. The van der Waals surface area contributed by atoms with E-state index in [1.54, 1.807) is 18.2 Å². The number of benzene rings is 1. The standard InChI is InChI=1S/C13H21N7O2/c14-9-3-4-10(11(7-9)12(15)19-20-16)13(22)18-6-2-1-5-17-8-21/h3-4,7-8,20H,1-2,5-6,14,16H2,(H2,15,19)(H,17,21)(H,18,22). The topological polar surface area (TPSA) is 161 Å². The van der Waals surface area contributed by atoms with Crippen molar-refractivity contribution in [2.75, 3.05) is 18.8 Å². The van der Waals surface area contributed by atoms with Gasteiger partial charge in [-0.25, -0.2) is 11.4 Å². The maximum atomic E-state index is 12.2. The summed E-state index contributed by atoms with van der Waals surface area (Å²) >= 11 is 0. The molecule has 2 amide bonds. The van der Waals surface area contributed by atoms with Crippen LogP contribution in [0, 0.1) is 0 Å². The lowest BCUT2D eigenvalue weighted by molar-refractivity contribution is -0.109. The summed E-state index contributed by atoms with van der Waals surface area (Å²) in [6.45, 7) is 1.06. The molecule has 1 aromatic carbocycles. The van der Waals surface area contributed by atoms with Crippen molar-refractivity contribution in [3.63, 3.8) is 0 Å². The van der Waals surface area contributed by atoms with E-state index in [0.29, 0.717) is 36.3 Å². The second-order valence-corrected chi connectivity index (χ2v) is 4.47. The van der Waals surface area contributed by atoms with Gasteiger partial charge in [0.25, 0.3) is 5.91 Å². The first-order valence-electron chi connectivity index (χ1n) is 6.74. The van der Waals surface area contributed by atoms with Crippen molar-refractivity contribution in [2.24, 2.45) is 16.7 Å². The van der Waals surface area contributed by atoms with Crippen LogP contribution in [0.4, 0.5) is 5.69 Å². The molecule has 0 fully saturated rings. The van der Waals surface area contributed by atoms with Crippen molar-refractivity contribution in [3.8, 4) is 0 Å². The number of unbranched alkanes of at least 4 members (excludes halogenated alkanes) is 1. The number of carbonyl (C=O) groups excluding carboxylic acids is 2. The minimum atomic E-state index is -0.284. The molecule has 0 heterocycles. The van der Waals surface area contributed by atoms with E-state index in [9.17, 15) is 9.59 Å². The van der Waals surface area contributed by atoms with Crippen LogP contribution in [0.15, 0.2) is 23.3 Å². The Balaban J connectivity index is 2.68. The first-order chi connectivity index (χ1) is 10.6. The van der Waals surface area contributed by atoms with Crippen LogP contribution in [0.1, 0.15) is 28.8 Å². The molecule has 9 N–H and O–H groups in total. The molecule has 0 saturated heterocycles. The number of amidine groups is 1. The molecule has 9 nitrogen and oxygen atoms in total. The van der Waals surface area contributed by atoms with Gasteiger partial charge in [0.05, 0.1) is 5.56 Å². The van der Waals surface area contributed by atoms with Gasteiger partial charge in [0.15, 0.2) is 5.84 Å². The van der Waals surface area contributed by atoms with Gasteiger partial charge in [-0.2, -0.15) is 0 Å². The summed E-state index contributed by atoms with van der Waals surface area (Å²) in [5.41, 5.74) is 14.8. The number of anilines is 1. The average molecular weight is 307 g/mol. The van der Waals surface area contributed by atoms with Crippen molar-refractivity contribution in [3.05, 3.63) is 29.3 Å². The fourth-order valence-corrected chi connectivity index (χ4v) is 1.81. The molecule has 0 spiro atoms. The molecule has 0 atom stereocenters. The van der Waals surface area contributed by atoms with Crippen LogP contribution in [0.25, 0.3) is 0 Å². The van der Waals surface area contributed by atoms with Crippen molar-refractivity contribution < 1.29 is 9.59 Å². The van der Waals surface area contributed by atoms with Gasteiger partial charge in [-0.1, -0.05) is 0 Å². The van der Waals surface area contributed by atoms with Crippen LogP contribution < -0.4 is 33.5 Å². The SMILES string of the molecule is NN/N=C(\N)c1cc(N)ccc1C(=O)NCCCCNC=O. The van der Waals surface area contributed by atoms with Crippen LogP contribution in [-0.4, -0.2) is 31.2 Å². The van der Waals surface area contributed by atoms with Crippen LogP contribution in [-0.2, 0) is 4.79 Å². The summed E-state index contributed by atoms with van der Waals surface area (Å²) < 4.78 is 0. The van der Waals surface area contributed by atoms with E-state index in [1.807, 2.05) is 0 Å². The monoisotopic (exact) mass is 307 g/mol. The minimum absolute atomic E-state index is 0.0649. The number of nitrogens with zero attached hydrogens (tertiary/aromatic N) is 1. The lowest BCUT2D eigenvalue weighted by Crippen LogP contribution is -2.30. The molecule has 0 bridgehead atoms. The zero-order valence-electron chi connectivity index (χ0n) is 12.1. The lowest BCUT2D eigenvalue weighted by atomic mass is 10.0. The normalized spacial score (nSPS) is 10.9. The smallest absolute Gasteiger partial charge is 0.252 e. The second-order valence-electron chi connectivity index (χ2n) is 4.47. The largest absolute Gasteiger partial charge is 0.399 e. The molecule has 0 aliphatic heterocycles. The molecule has 1 aromatic rings. The van der Waals surface area contributed by atoms with Gasteiger partial charge in [0, 0.05) is 24.3 Å². The van der Waals surface area contributed by atoms with Crippen molar-refractivity contribution >= 4 is 23.8 Å². The highest BCUT2D eigenvalue weighted by atomic mass is 16.1. The molecule has 0 radical (unpaired) electrons. The summed E-state index contributed by atoms with van der Waals surface area (Å²) in [6.07, 6.45) is 2.16. The summed E-state index contributed by atoms with van der Waals surface area (Å²) in [7, 11) is 0. The average Bonchev–Trinajstić information content (AvgIpc) is 2.50. The van der Waals surface area contributed by atoms with E-state index in [4.69, 9.17) is 17.3 Å². The third kappa shape index (κ3) is 5.29. The third-order valence-electron chi connectivity index (χ3n) is 2.87. The van der Waals surface area contributed by atoms with Crippen molar-refractivity contribution in [1.82, 2.24) is 16.2 Å². The Labute approximate surface area is 128 Å². The predicted molar refractivity (Wildman–Crippen MR) is 84.5 cm³/mol. The molecule has 0 saturated carbocycles. The number of nitrogen functional groups attached to an aromatic ring is 1. The number of amides is 2. The Bertz CT molecular complexity index is 545. The molecule has 1 rings (SSSR count). The van der Waals surface area contributed by atoms with Crippen LogP contribution in [0.5, 0.6) is 0 Å². The Morgan fingerprint density at radius 1 is 1.23 bits per heavy atom. The van der Waals surface area contributed by atoms with Gasteiger partial charge in [-0.05, 0) is 31.0 Å². The molecular weight excluding hydrogens is 286 g/mol. The Hall–Kier alpha value is -2.81. The maximum Gasteiger partial charge on any atom is 0.252 e. The molecule has 22 heavy (non-hydrogen) atoms. The lowest BCUT2D eigenvalue weighted by Gasteiger charge is -2.10. The van der Waals surface area contributed by atoms with Gasteiger partial charge in [-0.15, -0.1) is 5.10 Å². The van der Waals surface area contributed by atoms with E-state index in [-0.39, 0.29) is 11.7 Å². The highest BCUT2D eigenvalue weighted by molar-refractivity contribution is 6.09. The number of nitrogens with one attached hydrogen (secondary N) is 3. The fourth-order valence-electron chi connectivity index (χ4n) is 1.81. The summed E-state index contributed by atoms with van der Waals surface area (Å²) in [6, 6.07) is 4.74. The zero-order valence-corrected chi connectivity index (χ0v) is 12.1. The van der Waals surface area contributed by atoms with E-state index >= 15 is 0 Å². The van der Waals surface area contributed by atoms with E-state index in [2.05, 4.69) is 21.3 Å². The van der Waals surface area contributed by atoms with E-state index in [1.165, 1.54) is 0 Å². The number of hydrazine groups is 1. The van der Waals surface area contributed by atoms with Crippen molar-refractivity contribution in [1.29, 1.82) is 0 Å². The molecule has 0 unspecified atom stereocenters. The van der Waals surface area contributed by atoms with Crippen LogP contribution >= 0.6 is 0 Å². The van der Waals surface area contributed by atoms with Gasteiger partial charge in [0.1, 0.15) is 0 Å². The third-order valence-corrected chi connectivity index (χ3v) is 2.87. The van der Waals surface area contributed by atoms with Gasteiger partial charge in [0.2, 0.25) is 6.41 Å².